The molecular weight excluding hydrogens is 370 g/mol. The van der Waals surface area contributed by atoms with Crippen molar-refractivity contribution in [2.24, 2.45) is 5.10 Å². The Balaban J connectivity index is 2.03. The lowest BCUT2D eigenvalue weighted by molar-refractivity contribution is 0.179. The topological polar surface area (TPSA) is 63.5 Å². The molecule has 2 rings (SSSR count). The van der Waals surface area contributed by atoms with Crippen LogP contribution in [0, 0.1) is 13.8 Å². The van der Waals surface area contributed by atoms with E-state index in [0.717, 1.165) is 27.5 Å². The van der Waals surface area contributed by atoms with Gasteiger partial charge in [-0.2, -0.15) is 10.2 Å². The normalized spacial score (nSPS) is 12.3. The lowest BCUT2D eigenvalue weighted by Gasteiger charge is -2.13. The van der Waals surface area contributed by atoms with E-state index < -0.39 is 0 Å². The maximum absolute atomic E-state index is 6.25. The van der Waals surface area contributed by atoms with Gasteiger partial charge in [0.1, 0.15) is 0 Å². The Kier molecular flexibility index (Phi) is 7.56. The number of ether oxygens (including phenoxy) is 1. The van der Waals surface area contributed by atoms with Gasteiger partial charge in [-0.25, -0.2) is 0 Å². The van der Waals surface area contributed by atoms with Crippen molar-refractivity contribution in [3.05, 3.63) is 51.8 Å². The van der Waals surface area contributed by atoms with Crippen molar-refractivity contribution in [2.75, 3.05) is 13.7 Å². The predicted octanol–water partition coefficient (Wildman–Crippen LogP) is 3.03. The maximum atomic E-state index is 6.25. The number of methoxy groups -OCH3 is 1. The minimum absolute atomic E-state index is 0.108. The van der Waals surface area contributed by atoms with E-state index >= 15 is 0 Å². The molecule has 0 saturated heterocycles. The molecule has 0 aliphatic heterocycles. The molecule has 0 amide bonds. The number of hydrazone groups is 1. The Morgan fingerprint density at radius 2 is 2.15 bits per heavy atom. The lowest BCUT2D eigenvalue weighted by Crippen LogP contribution is -2.40. The van der Waals surface area contributed by atoms with Crippen LogP contribution in [0.3, 0.4) is 0 Å². The molecule has 26 heavy (non-hydrogen) atoms. The Morgan fingerprint density at radius 3 is 2.85 bits per heavy atom. The van der Waals surface area contributed by atoms with Crippen LogP contribution in [0.15, 0.2) is 29.4 Å². The third-order valence-corrected chi connectivity index (χ3v) is 4.45. The lowest BCUT2D eigenvalue weighted by atomic mass is 10.2. The summed E-state index contributed by atoms with van der Waals surface area (Å²) in [6.45, 7) is 7.12. The zero-order valence-corrected chi connectivity index (χ0v) is 17.0. The average molecular weight is 394 g/mol. The molecule has 1 aromatic carbocycles. The van der Waals surface area contributed by atoms with E-state index in [4.69, 9.17) is 28.6 Å². The monoisotopic (exact) mass is 393 g/mol. The van der Waals surface area contributed by atoms with E-state index in [0.29, 0.717) is 18.3 Å². The second kappa shape index (κ2) is 9.66. The Labute approximate surface area is 164 Å². The molecule has 0 aliphatic rings. The molecule has 2 aromatic rings. The van der Waals surface area contributed by atoms with Crippen LogP contribution in [0.5, 0.6) is 0 Å². The second-order valence-corrected chi connectivity index (χ2v) is 6.85. The Bertz CT molecular complexity index is 790. The van der Waals surface area contributed by atoms with Crippen LogP contribution in [0.2, 0.25) is 5.02 Å². The first-order valence-electron chi connectivity index (χ1n) is 8.28. The van der Waals surface area contributed by atoms with Gasteiger partial charge in [0.15, 0.2) is 5.11 Å². The van der Waals surface area contributed by atoms with Gasteiger partial charge in [-0.15, -0.1) is 0 Å². The average Bonchev–Trinajstić information content (AvgIpc) is 2.84. The minimum Gasteiger partial charge on any atom is -0.383 e. The zero-order valence-electron chi connectivity index (χ0n) is 15.4. The zero-order chi connectivity index (χ0) is 19.1. The third kappa shape index (κ3) is 5.52. The first-order valence-corrected chi connectivity index (χ1v) is 9.07. The summed E-state index contributed by atoms with van der Waals surface area (Å²) in [5.74, 6) is 0. The molecule has 140 valence electrons. The Hall–Kier alpha value is -1.96. The van der Waals surface area contributed by atoms with Crippen molar-refractivity contribution in [1.82, 2.24) is 20.5 Å². The molecule has 1 atom stereocenters. The van der Waals surface area contributed by atoms with Gasteiger partial charge in [0.25, 0.3) is 0 Å². The van der Waals surface area contributed by atoms with Crippen molar-refractivity contribution in [3.63, 3.8) is 0 Å². The van der Waals surface area contributed by atoms with Crippen LogP contribution >= 0.6 is 23.8 Å². The summed E-state index contributed by atoms with van der Waals surface area (Å²) in [5.41, 5.74) is 6.71. The fraction of sp³-hybridized carbons (Fsp3) is 0.389. The van der Waals surface area contributed by atoms with E-state index in [1.807, 2.05) is 49.7 Å². The molecule has 6 nitrogen and oxygen atoms in total. The summed E-state index contributed by atoms with van der Waals surface area (Å²) in [5, 5.41) is 13.1. The van der Waals surface area contributed by atoms with E-state index in [9.17, 15) is 0 Å². The molecule has 1 heterocycles. The first kappa shape index (κ1) is 20.4. The molecular formula is C18H24ClN5OS. The van der Waals surface area contributed by atoms with Crippen molar-refractivity contribution in [1.29, 1.82) is 0 Å². The van der Waals surface area contributed by atoms with Crippen molar-refractivity contribution >= 4 is 35.1 Å². The fourth-order valence-electron chi connectivity index (χ4n) is 2.54. The van der Waals surface area contributed by atoms with Gasteiger partial charge in [0.2, 0.25) is 0 Å². The number of aryl methyl sites for hydroxylation is 1. The molecule has 0 fully saturated rings. The highest BCUT2D eigenvalue weighted by atomic mass is 35.5. The standard InChI is InChI=1S/C18H24ClN5OS/c1-12(11-25-4)21-18(26)22-20-9-16-13(2)23-24(14(16)3)10-15-7-5-6-8-17(15)19/h5-9,12H,10-11H2,1-4H3,(H2,21,22,26)/b20-9-/t12-/m1/s1. The number of thiocarbonyl (C=S) groups is 1. The molecule has 0 bridgehead atoms. The van der Waals surface area contributed by atoms with Crippen LogP contribution in [0.25, 0.3) is 0 Å². The van der Waals surface area contributed by atoms with Gasteiger partial charge in [-0.05, 0) is 44.6 Å². The van der Waals surface area contributed by atoms with Gasteiger partial charge in [-0.3, -0.25) is 10.1 Å². The van der Waals surface area contributed by atoms with Crippen LogP contribution in [-0.2, 0) is 11.3 Å². The molecule has 0 radical (unpaired) electrons. The summed E-state index contributed by atoms with van der Waals surface area (Å²) >= 11 is 11.5. The van der Waals surface area contributed by atoms with Gasteiger partial charge in [0, 0.05) is 29.4 Å². The second-order valence-electron chi connectivity index (χ2n) is 6.03. The van der Waals surface area contributed by atoms with E-state index in [-0.39, 0.29) is 6.04 Å². The summed E-state index contributed by atoms with van der Waals surface area (Å²) in [6.07, 6.45) is 1.73. The van der Waals surface area contributed by atoms with Crippen molar-refractivity contribution in [3.8, 4) is 0 Å². The van der Waals surface area contributed by atoms with E-state index in [1.54, 1.807) is 13.3 Å². The number of nitrogens with one attached hydrogen (secondary N) is 2. The highest BCUT2D eigenvalue weighted by Gasteiger charge is 2.11. The number of rotatable bonds is 7. The van der Waals surface area contributed by atoms with E-state index in [1.165, 1.54) is 0 Å². The number of benzene rings is 1. The molecule has 8 heteroatoms. The number of aromatic nitrogens is 2. The number of halogens is 1. The highest BCUT2D eigenvalue weighted by Crippen LogP contribution is 2.18. The molecule has 0 unspecified atom stereocenters. The smallest absolute Gasteiger partial charge is 0.187 e. The van der Waals surface area contributed by atoms with Crippen molar-refractivity contribution in [2.45, 2.75) is 33.4 Å². The molecule has 0 aliphatic carbocycles. The quantitative estimate of drug-likeness (QED) is 0.430. The summed E-state index contributed by atoms with van der Waals surface area (Å²) < 4.78 is 6.99. The summed E-state index contributed by atoms with van der Waals surface area (Å²) in [4.78, 5) is 0. The number of hydrogen-bond acceptors (Lipinski definition) is 4. The summed E-state index contributed by atoms with van der Waals surface area (Å²) in [6, 6.07) is 7.88. The number of hydrogen-bond donors (Lipinski definition) is 2. The maximum Gasteiger partial charge on any atom is 0.187 e. The number of nitrogens with zero attached hydrogens (tertiary/aromatic N) is 3. The van der Waals surface area contributed by atoms with Gasteiger partial charge >= 0.3 is 0 Å². The third-order valence-electron chi connectivity index (χ3n) is 3.87. The van der Waals surface area contributed by atoms with Crippen LogP contribution < -0.4 is 10.7 Å². The molecule has 1 aromatic heterocycles. The SMILES string of the molecule is COC[C@@H](C)NC(=S)N/N=C\c1c(C)nn(Cc2ccccc2Cl)c1C. The van der Waals surface area contributed by atoms with Gasteiger partial charge in [-0.1, -0.05) is 29.8 Å². The van der Waals surface area contributed by atoms with Gasteiger partial charge < -0.3 is 10.1 Å². The van der Waals surface area contributed by atoms with Crippen LogP contribution in [-0.4, -0.2) is 40.9 Å². The van der Waals surface area contributed by atoms with Crippen LogP contribution in [0.4, 0.5) is 0 Å². The highest BCUT2D eigenvalue weighted by molar-refractivity contribution is 7.80. The molecule has 2 N–H and O–H groups in total. The fourth-order valence-corrected chi connectivity index (χ4v) is 2.99. The largest absolute Gasteiger partial charge is 0.383 e. The Morgan fingerprint density at radius 1 is 1.42 bits per heavy atom. The van der Waals surface area contributed by atoms with Crippen LogP contribution in [0.1, 0.15) is 29.4 Å². The summed E-state index contributed by atoms with van der Waals surface area (Å²) in [7, 11) is 1.65. The first-order chi connectivity index (χ1) is 12.4. The van der Waals surface area contributed by atoms with Crippen molar-refractivity contribution < 1.29 is 4.74 Å². The minimum atomic E-state index is 0.108. The molecule has 0 spiro atoms. The predicted molar refractivity (Wildman–Crippen MR) is 110 cm³/mol. The molecule has 0 saturated carbocycles. The van der Waals surface area contributed by atoms with E-state index in [2.05, 4.69) is 20.9 Å². The van der Waals surface area contributed by atoms with Gasteiger partial charge in [0.05, 0.1) is 25.1 Å².